The molecular formula is C19H15N3O4S. The van der Waals surface area contributed by atoms with Crippen LogP contribution in [0.1, 0.15) is 27.6 Å². The smallest absolute Gasteiger partial charge is 0.308 e. The molecular weight excluding hydrogens is 366 g/mol. The highest BCUT2D eigenvalue weighted by Crippen LogP contribution is 2.20. The van der Waals surface area contributed by atoms with Crippen LogP contribution in [0.2, 0.25) is 0 Å². The number of ether oxygens (including phenoxy) is 1. The van der Waals surface area contributed by atoms with E-state index >= 15 is 0 Å². The highest BCUT2D eigenvalue weighted by Gasteiger charge is 2.15. The monoisotopic (exact) mass is 381 g/mol. The molecule has 3 rings (SSSR count). The summed E-state index contributed by atoms with van der Waals surface area (Å²) in [7, 11) is 0. The molecule has 0 fully saturated rings. The van der Waals surface area contributed by atoms with Gasteiger partial charge in [0.15, 0.2) is 5.13 Å². The molecule has 8 heteroatoms. The minimum absolute atomic E-state index is 0.268. The minimum atomic E-state index is -0.475. The van der Waals surface area contributed by atoms with Crippen molar-refractivity contribution in [2.75, 3.05) is 10.6 Å². The van der Waals surface area contributed by atoms with Gasteiger partial charge in [-0.3, -0.25) is 19.7 Å². The van der Waals surface area contributed by atoms with E-state index in [-0.39, 0.29) is 11.7 Å². The number of rotatable bonds is 5. The quantitative estimate of drug-likeness (QED) is 0.520. The standard InChI is InChI=1S/C19H15N3O4S/c1-12(23)26-14-6-4-5-13(11-14)17(24)21-16-8-3-2-7-15(16)18(25)22-19-20-9-10-27-19/h2-11H,1H3,(H,21,24)(H,20,22,25). The lowest BCUT2D eigenvalue weighted by Gasteiger charge is -2.11. The Balaban J connectivity index is 1.78. The molecule has 2 N–H and O–H groups in total. The predicted molar refractivity (Wildman–Crippen MR) is 102 cm³/mol. The largest absolute Gasteiger partial charge is 0.427 e. The summed E-state index contributed by atoms with van der Waals surface area (Å²) in [4.78, 5) is 40.1. The molecule has 0 spiro atoms. The third-order valence-electron chi connectivity index (χ3n) is 3.43. The van der Waals surface area contributed by atoms with Crippen LogP contribution < -0.4 is 15.4 Å². The predicted octanol–water partition coefficient (Wildman–Crippen LogP) is 3.57. The van der Waals surface area contributed by atoms with E-state index in [1.807, 2.05) is 0 Å². The van der Waals surface area contributed by atoms with E-state index in [0.29, 0.717) is 21.9 Å². The molecule has 27 heavy (non-hydrogen) atoms. The first-order valence-electron chi connectivity index (χ1n) is 7.92. The summed E-state index contributed by atoms with van der Waals surface area (Å²) in [5.74, 6) is -1.02. The van der Waals surface area contributed by atoms with E-state index in [1.165, 1.54) is 24.3 Å². The van der Waals surface area contributed by atoms with Crippen LogP contribution in [0, 0.1) is 0 Å². The fourth-order valence-electron chi connectivity index (χ4n) is 2.30. The van der Waals surface area contributed by atoms with Gasteiger partial charge in [0.2, 0.25) is 0 Å². The van der Waals surface area contributed by atoms with Gasteiger partial charge in [0, 0.05) is 24.1 Å². The van der Waals surface area contributed by atoms with E-state index < -0.39 is 11.9 Å². The second-order valence-corrected chi connectivity index (χ2v) is 6.31. The SMILES string of the molecule is CC(=O)Oc1cccc(C(=O)Nc2ccccc2C(=O)Nc2nccs2)c1. The Labute approximate surface area is 159 Å². The second kappa shape index (κ2) is 8.24. The number of carbonyl (C=O) groups is 3. The number of hydrogen-bond acceptors (Lipinski definition) is 6. The number of amides is 2. The summed E-state index contributed by atoms with van der Waals surface area (Å²) in [5.41, 5.74) is 0.954. The molecule has 0 aliphatic carbocycles. The van der Waals surface area contributed by atoms with E-state index in [9.17, 15) is 14.4 Å². The maximum atomic E-state index is 12.6. The number of nitrogens with one attached hydrogen (secondary N) is 2. The van der Waals surface area contributed by atoms with Crippen LogP contribution >= 0.6 is 11.3 Å². The summed E-state index contributed by atoms with van der Waals surface area (Å²) in [5, 5.41) is 7.61. The Hall–Kier alpha value is -3.52. The Morgan fingerprint density at radius 1 is 1.00 bits per heavy atom. The van der Waals surface area contributed by atoms with Gasteiger partial charge in [-0.15, -0.1) is 11.3 Å². The van der Waals surface area contributed by atoms with Crippen molar-refractivity contribution in [2.24, 2.45) is 0 Å². The maximum absolute atomic E-state index is 12.6. The summed E-state index contributed by atoms with van der Waals surface area (Å²) >= 11 is 1.30. The van der Waals surface area contributed by atoms with Crippen molar-refractivity contribution in [1.82, 2.24) is 4.98 Å². The van der Waals surface area contributed by atoms with Crippen molar-refractivity contribution in [3.8, 4) is 5.75 Å². The summed E-state index contributed by atoms with van der Waals surface area (Å²) in [6.45, 7) is 1.28. The number of esters is 1. The van der Waals surface area contributed by atoms with E-state index in [2.05, 4.69) is 15.6 Å². The van der Waals surface area contributed by atoms with Crippen LogP contribution in [0.5, 0.6) is 5.75 Å². The van der Waals surface area contributed by atoms with Gasteiger partial charge in [-0.05, 0) is 30.3 Å². The van der Waals surface area contributed by atoms with Gasteiger partial charge < -0.3 is 10.1 Å². The lowest BCUT2D eigenvalue weighted by Crippen LogP contribution is -2.18. The van der Waals surface area contributed by atoms with Crippen LogP contribution in [0.3, 0.4) is 0 Å². The third-order valence-corrected chi connectivity index (χ3v) is 4.12. The molecule has 0 saturated carbocycles. The van der Waals surface area contributed by atoms with Crippen LogP contribution in [0.4, 0.5) is 10.8 Å². The molecule has 0 bridgehead atoms. The number of nitrogens with zero attached hydrogens (tertiary/aromatic N) is 1. The van der Waals surface area contributed by atoms with Crippen molar-refractivity contribution in [1.29, 1.82) is 0 Å². The average Bonchev–Trinajstić information content (AvgIpc) is 3.14. The number of carbonyl (C=O) groups excluding carboxylic acids is 3. The van der Waals surface area contributed by atoms with Gasteiger partial charge in [0.1, 0.15) is 5.75 Å². The van der Waals surface area contributed by atoms with E-state index in [0.717, 1.165) is 0 Å². The zero-order valence-electron chi connectivity index (χ0n) is 14.3. The number of aromatic nitrogens is 1. The lowest BCUT2D eigenvalue weighted by molar-refractivity contribution is -0.131. The minimum Gasteiger partial charge on any atom is -0.427 e. The van der Waals surface area contributed by atoms with Gasteiger partial charge in [0.05, 0.1) is 11.3 Å². The van der Waals surface area contributed by atoms with Crippen molar-refractivity contribution in [3.63, 3.8) is 0 Å². The second-order valence-electron chi connectivity index (χ2n) is 5.41. The van der Waals surface area contributed by atoms with Gasteiger partial charge in [-0.2, -0.15) is 0 Å². The Kier molecular flexibility index (Phi) is 5.58. The zero-order valence-corrected chi connectivity index (χ0v) is 15.1. The van der Waals surface area contributed by atoms with Crippen LogP contribution in [0.25, 0.3) is 0 Å². The van der Waals surface area contributed by atoms with Crippen molar-refractivity contribution < 1.29 is 19.1 Å². The number of anilines is 2. The van der Waals surface area contributed by atoms with E-state index in [1.54, 1.807) is 54.0 Å². The summed E-state index contributed by atoms with van der Waals surface area (Å²) in [6, 6.07) is 12.9. The van der Waals surface area contributed by atoms with Gasteiger partial charge in [-0.1, -0.05) is 18.2 Å². The molecule has 2 aromatic carbocycles. The Bertz CT molecular complexity index is 986. The third kappa shape index (κ3) is 4.77. The van der Waals surface area contributed by atoms with Crippen molar-refractivity contribution >= 4 is 39.9 Å². The van der Waals surface area contributed by atoms with Crippen LogP contribution in [0.15, 0.2) is 60.1 Å². The van der Waals surface area contributed by atoms with E-state index in [4.69, 9.17) is 4.74 Å². The highest BCUT2D eigenvalue weighted by molar-refractivity contribution is 7.13. The highest BCUT2D eigenvalue weighted by atomic mass is 32.1. The normalized spacial score (nSPS) is 10.1. The summed E-state index contributed by atoms with van der Waals surface area (Å²) < 4.78 is 4.99. The number of thiazole rings is 1. The molecule has 0 radical (unpaired) electrons. The van der Waals surface area contributed by atoms with Crippen LogP contribution in [-0.2, 0) is 4.79 Å². The molecule has 1 heterocycles. The maximum Gasteiger partial charge on any atom is 0.308 e. The molecule has 136 valence electrons. The van der Waals surface area contributed by atoms with Crippen LogP contribution in [-0.4, -0.2) is 22.8 Å². The summed E-state index contributed by atoms with van der Waals surface area (Å²) in [6.07, 6.45) is 1.59. The van der Waals surface area contributed by atoms with Crippen molar-refractivity contribution in [2.45, 2.75) is 6.92 Å². The fraction of sp³-hybridized carbons (Fsp3) is 0.0526. The number of benzene rings is 2. The molecule has 3 aromatic rings. The van der Waals surface area contributed by atoms with Gasteiger partial charge >= 0.3 is 5.97 Å². The molecule has 1 aromatic heterocycles. The first kappa shape index (κ1) is 18.3. The first-order valence-corrected chi connectivity index (χ1v) is 8.80. The number of para-hydroxylation sites is 1. The molecule has 2 amide bonds. The zero-order chi connectivity index (χ0) is 19.2. The van der Waals surface area contributed by atoms with Gasteiger partial charge in [0.25, 0.3) is 11.8 Å². The topological polar surface area (TPSA) is 97.4 Å². The molecule has 0 aliphatic heterocycles. The van der Waals surface area contributed by atoms with Gasteiger partial charge in [-0.25, -0.2) is 4.98 Å². The first-order chi connectivity index (χ1) is 13.0. The molecule has 7 nitrogen and oxygen atoms in total. The van der Waals surface area contributed by atoms with Crippen molar-refractivity contribution in [3.05, 3.63) is 71.2 Å². The fourth-order valence-corrected chi connectivity index (χ4v) is 2.82. The molecule has 0 aliphatic rings. The molecule has 0 saturated heterocycles. The Morgan fingerprint density at radius 2 is 1.81 bits per heavy atom. The average molecular weight is 381 g/mol. The lowest BCUT2D eigenvalue weighted by atomic mass is 10.1. The Morgan fingerprint density at radius 3 is 2.56 bits per heavy atom. The molecule has 0 unspecified atom stereocenters. The molecule has 0 atom stereocenters. The number of hydrogen-bond donors (Lipinski definition) is 2.